The molecule has 2 aliphatic carbocycles. The van der Waals surface area contributed by atoms with Gasteiger partial charge in [0.1, 0.15) is 44.1 Å². The van der Waals surface area contributed by atoms with Gasteiger partial charge in [-0.15, -0.1) is 0 Å². The molecule has 0 N–H and O–H groups in total. The summed E-state index contributed by atoms with van der Waals surface area (Å²) in [5.41, 5.74) is -13.6. The zero-order valence-corrected chi connectivity index (χ0v) is 31.0. The van der Waals surface area contributed by atoms with Crippen LogP contribution >= 0.6 is 23.2 Å². The fraction of sp³-hybridized carbons (Fsp3) is 0.579. The highest BCUT2D eigenvalue weighted by Crippen LogP contribution is 3.02. The molecular formula is C38H42Cl2O10. The Hall–Kier alpha value is -3.18. The summed E-state index contributed by atoms with van der Waals surface area (Å²) in [5, 5.41) is 0.860. The molecule has 0 amide bonds. The van der Waals surface area contributed by atoms with Gasteiger partial charge in [-0.3, -0.25) is 19.2 Å². The van der Waals surface area contributed by atoms with Crippen LogP contribution in [0.2, 0.25) is 10.0 Å². The van der Waals surface area contributed by atoms with Crippen LogP contribution in [0, 0.1) is 21.7 Å². The van der Waals surface area contributed by atoms with E-state index in [0.717, 1.165) is 0 Å². The van der Waals surface area contributed by atoms with Gasteiger partial charge in [0.15, 0.2) is 0 Å². The molecule has 268 valence electrons. The van der Waals surface area contributed by atoms with Crippen LogP contribution in [0.5, 0.6) is 0 Å². The molecule has 4 saturated heterocycles. The fourth-order valence-corrected chi connectivity index (χ4v) is 12.8. The molecule has 0 radical (unpaired) electrons. The number of hydrogen-bond acceptors (Lipinski definition) is 10. The third kappa shape index (κ3) is 3.02. The maximum atomic E-state index is 15.2. The average molecular weight is 730 g/mol. The predicted octanol–water partition coefficient (Wildman–Crippen LogP) is 6.19. The topological polar surface area (TPSA) is 124 Å². The Morgan fingerprint density at radius 2 is 0.720 bits per heavy atom. The fourth-order valence-electron chi connectivity index (χ4n) is 12.6. The molecule has 2 aromatic rings. The van der Waals surface area contributed by atoms with Crippen molar-refractivity contribution in [2.45, 2.75) is 89.6 Å². The Balaban J connectivity index is 1.74. The van der Waals surface area contributed by atoms with Gasteiger partial charge >= 0.3 is 23.9 Å². The molecule has 6 aliphatic rings. The summed E-state index contributed by atoms with van der Waals surface area (Å²) in [4.78, 5) is 60.6. The summed E-state index contributed by atoms with van der Waals surface area (Å²) in [6.45, 7) is 13.4. The third-order valence-corrected chi connectivity index (χ3v) is 13.9. The Labute approximate surface area is 301 Å². The van der Waals surface area contributed by atoms with Gasteiger partial charge in [0.2, 0.25) is 0 Å². The highest BCUT2D eigenvalue weighted by molar-refractivity contribution is 6.30. The number of benzene rings is 2. The molecule has 4 heterocycles. The number of rotatable bonds is 10. The summed E-state index contributed by atoms with van der Waals surface area (Å²) in [7, 11) is 0. The lowest BCUT2D eigenvalue weighted by Crippen LogP contribution is -3.14. The van der Waals surface area contributed by atoms with Crippen molar-refractivity contribution in [1.82, 2.24) is 0 Å². The van der Waals surface area contributed by atoms with E-state index in [-0.39, 0.29) is 26.4 Å². The number of ether oxygens (including phenoxy) is 6. The van der Waals surface area contributed by atoms with Crippen molar-refractivity contribution in [3.05, 3.63) is 69.7 Å². The predicted molar refractivity (Wildman–Crippen MR) is 180 cm³/mol. The smallest absolute Gasteiger partial charge is 0.318 e. The number of halogens is 2. The Bertz CT molecular complexity index is 1570. The van der Waals surface area contributed by atoms with E-state index in [1.807, 2.05) is 0 Å². The van der Waals surface area contributed by atoms with E-state index < -0.39 is 79.8 Å². The van der Waals surface area contributed by atoms with Crippen molar-refractivity contribution < 1.29 is 47.6 Å². The molecule has 0 aromatic heterocycles. The molecule has 0 unspecified atom stereocenters. The van der Waals surface area contributed by atoms with E-state index in [4.69, 9.17) is 51.6 Å². The second-order valence-electron chi connectivity index (χ2n) is 14.4. The SMILES string of the molecule is CCOC(=O)C12C(c3ccc(Cl)cc3)C3(C(=O)OCC)C4(C)OC1(C)C1(C(=O)OCC)C(c5ccc(Cl)cc5)C4(C(=O)OCC)C3(C)OC21C. The molecule has 50 heavy (non-hydrogen) atoms. The van der Waals surface area contributed by atoms with Crippen LogP contribution < -0.4 is 0 Å². The molecule has 0 atom stereocenters. The van der Waals surface area contributed by atoms with Gasteiger partial charge in [-0.1, -0.05) is 47.5 Å². The normalized spacial score (nSPS) is 42.5. The van der Waals surface area contributed by atoms with Crippen LogP contribution in [-0.4, -0.2) is 72.7 Å². The van der Waals surface area contributed by atoms with Gasteiger partial charge in [-0.2, -0.15) is 0 Å². The Kier molecular flexibility index (Phi) is 7.53. The van der Waals surface area contributed by atoms with Crippen molar-refractivity contribution in [2.24, 2.45) is 21.7 Å². The molecule has 2 aromatic carbocycles. The van der Waals surface area contributed by atoms with Gasteiger partial charge in [-0.25, -0.2) is 0 Å². The van der Waals surface area contributed by atoms with E-state index in [0.29, 0.717) is 21.2 Å². The average Bonchev–Trinajstić information content (AvgIpc) is 3.04. The maximum Gasteiger partial charge on any atom is 0.318 e. The van der Waals surface area contributed by atoms with Crippen molar-refractivity contribution in [2.75, 3.05) is 26.4 Å². The first-order valence-electron chi connectivity index (χ1n) is 17.2. The molecule has 8 bridgehead atoms. The number of hydrogen-bond donors (Lipinski definition) is 0. The quantitative estimate of drug-likeness (QED) is 0.207. The second-order valence-corrected chi connectivity index (χ2v) is 15.3. The largest absolute Gasteiger partial charge is 0.465 e. The maximum absolute atomic E-state index is 15.2. The van der Waals surface area contributed by atoms with Gasteiger partial charge in [0.25, 0.3) is 0 Å². The van der Waals surface area contributed by atoms with E-state index >= 15 is 19.2 Å². The number of carbonyl (C=O) groups is 4. The number of esters is 4. The third-order valence-electron chi connectivity index (χ3n) is 13.4. The van der Waals surface area contributed by atoms with Crippen LogP contribution in [0.4, 0.5) is 0 Å². The summed E-state index contributed by atoms with van der Waals surface area (Å²) in [5.74, 6) is -5.08. The van der Waals surface area contributed by atoms with Crippen LogP contribution in [-0.2, 0) is 47.6 Å². The Morgan fingerprint density at radius 3 is 0.920 bits per heavy atom. The lowest BCUT2D eigenvalue weighted by molar-refractivity contribution is -0.625. The van der Waals surface area contributed by atoms with Crippen LogP contribution in [0.1, 0.15) is 78.4 Å². The standard InChI is InChI=1S/C38H42Cl2O10/c1-9-45-27(41)35-25(21-13-17-23(39)18-14-21)36(28(42)46-10-2)33(7)38(30(44)48-12-4)26(22-15-19-24(40)20-16-22)37(29(43)47-11-3,31(35,5)49-33)32(35,6)50-34(36,38)8/h13-20,25-26H,9-12H2,1-8H3. The molecule has 10 nitrogen and oxygen atoms in total. The molecular weight excluding hydrogens is 687 g/mol. The van der Waals surface area contributed by atoms with Crippen molar-refractivity contribution >= 4 is 47.1 Å². The highest BCUT2D eigenvalue weighted by atomic mass is 35.5. The lowest BCUT2D eigenvalue weighted by Gasteiger charge is -2.99. The van der Waals surface area contributed by atoms with E-state index in [9.17, 15) is 0 Å². The monoisotopic (exact) mass is 728 g/mol. The van der Waals surface area contributed by atoms with Gasteiger partial charge < -0.3 is 28.4 Å². The molecule has 6 fully saturated rings. The van der Waals surface area contributed by atoms with E-state index in [1.165, 1.54) is 0 Å². The van der Waals surface area contributed by atoms with E-state index in [2.05, 4.69) is 0 Å². The summed E-state index contributed by atoms with van der Waals surface area (Å²) in [6, 6.07) is 13.7. The molecule has 8 rings (SSSR count). The van der Waals surface area contributed by atoms with Crippen molar-refractivity contribution in [1.29, 1.82) is 0 Å². The second kappa shape index (κ2) is 10.7. The summed E-state index contributed by atoms with van der Waals surface area (Å²) in [6.07, 6.45) is 0. The summed E-state index contributed by atoms with van der Waals surface area (Å²) < 4.78 is 38.5. The van der Waals surface area contributed by atoms with Crippen LogP contribution in [0.15, 0.2) is 48.5 Å². The number of carbonyl (C=O) groups excluding carboxylic acids is 4. The van der Waals surface area contributed by atoms with E-state index in [1.54, 1.807) is 104 Å². The minimum Gasteiger partial charge on any atom is -0.465 e. The van der Waals surface area contributed by atoms with Crippen LogP contribution in [0.25, 0.3) is 0 Å². The van der Waals surface area contributed by atoms with Crippen molar-refractivity contribution in [3.63, 3.8) is 0 Å². The summed E-state index contributed by atoms with van der Waals surface area (Å²) >= 11 is 12.8. The molecule has 12 heteroatoms. The van der Waals surface area contributed by atoms with Gasteiger partial charge in [0, 0.05) is 21.9 Å². The molecule has 0 spiro atoms. The van der Waals surface area contributed by atoms with Gasteiger partial charge in [0.05, 0.1) is 26.4 Å². The van der Waals surface area contributed by atoms with Crippen molar-refractivity contribution in [3.8, 4) is 0 Å². The van der Waals surface area contributed by atoms with Crippen LogP contribution in [0.3, 0.4) is 0 Å². The Morgan fingerprint density at radius 1 is 0.500 bits per heavy atom. The van der Waals surface area contributed by atoms with Gasteiger partial charge in [-0.05, 0) is 90.8 Å². The first kappa shape index (κ1) is 35.2. The molecule has 4 aliphatic heterocycles. The first-order valence-corrected chi connectivity index (χ1v) is 17.9. The molecule has 2 saturated carbocycles. The zero-order valence-electron chi connectivity index (χ0n) is 29.4. The minimum atomic E-state index is -1.87. The zero-order chi connectivity index (χ0) is 36.5. The first-order chi connectivity index (χ1) is 23.6. The minimum absolute atomic E-state index is 0.0131. The lowest BCUT2D eigenvalue weighted by atomic mass is 9.09. The highest BCUT2D eigenvalue weighted by Gasteiger charge is 3.16.